The fourth-order valence-electron chi connectivity index (χ4n) is 2.48. The number of benzene rings is 1. The van der Waals surface area contributed by atoms with Gasteiger partial charge in [-0.15, -0.1) is 0 Å². The van der Waals surface area contributed by atoms with Crippen LogP contribution < -0.4 is 15.8 Å². The van der Waals surface area contributed by atoms with Gasteiger partial charge in [-0.1, -0.05) is 13.8 Å². The van der Waals surface area contributed by atoms with Crippen LogP contribution in [-0.2, 0) is 14.4 Å². The normalized spacial score (nSPS) is 15.7. The van der Waals surface area contributed by atoms with Crippen LogP contribution >= 0.6 is 0 Å². The van der Waals surface area contributed by atoms with Crippen LogP contribution in [0.1, 0.15) is 43.5 Å². The van der Waals surface area contributed by atoms with E-state index in [4.69, 9.17) is 0 Å². The molecule has 2 rings (SSSR count). The number of rotatable bonds is 6. The van der Waals surface area contributed by atoms with Crippen LogP contribution in [0.4, 0.5) is 5.69 Å². The van der Waals surface area contributed by atoms with E-state index in [0.29, 0.717) is 12.1 Å². The molecule has 1 aromatic rings. The number of carboxylic acids is 1. The second kappa shape index (κ2) is 7.78. The zero-order chi connectivity index (χ0) is 18.6. The van der Waals surface area contributed by atoms with Gasteiger partial charge in [-0.3, -0.25) is 19.8 Å². The van der Waals surface area contributed by atoms with Crippen molar-refractivity contribution < 1.29 is 24.3 Å². The molecule has 3 N–H and O–H groups in total. The maximum absolute atomic E-state index is 12.2. The quantitative estimate of drug-likeness (QED) is 0.712. The molecule has 1 fully saturated rings. The molecule has 1 saturated heterocycles. The highest BCUT2D eigenvalue weighted by Gasteiger charge is 2.25. The Labute approximate surface area is 145 Å². The van der Waals surface area contributed by atoms with Gasteiger partial charge in [0.25, 0.3) is 5.91 Å². The molecule has 0 aliphatic carbocycles. The van der Waals surface area contributed by atoms with E-state index < -0.39 is 17.9 Å². The number of carbonyl (C=O) groups is 4. The van der Waals surface area contributed by atoms with Gasteiger partial charge in [0.15, 0.2) is 0 Å². The molecule has 1 aromatic carbocycles. The molecule has 0 spiro atoms. The third kappa shape index (κ3) is 4.79. The number of hydrazine groups is 1. The maximum atomic E-state index is 12.2. The van der Waals surface area contributed by atoms with Crippen LogP contribution in [0.25, 0.3) is 0 Å². The lowest BCUT2D eigenvalue weighted by atomic mass is 10.0. The molecule has 0 radical (unpaired) electrons. The molecule has 0 aromatic heterocycles. The largest absolute Gasteiger partial charge is 0.480 e. The number of nitrogens with zero attached hydrogens (tertiary/aromatic N) is 1. The average molecular weight is 347 g/mol. The minimum Gasteiger partial charge on any atom is -0.480 e. The van der Waals surface area contributed by atoms with E-state index in [9.17, 15) is 24.3 Å². The summed E-state index contributed by atoms with van der Waals surface area (Å²) >= 11 is 0. The summed E-state index contributed by atoms with van der Waals surface area (Å²) in [7, 11) is 0. The summed E-state index contributed by atoms with van der Waals surface area (Å²) < 4.78 is 0. The molecule has 0 saturated carbocycles. The highest BCUT2D eigenvalue weighted by molar-refractivity contribution is 6.02. The number of aliphatic carboxylic acids is 1. The molecule has 8 heteroatoms. The summed E-state index contributed by atoms with van der Waals surface area (Å²) in [5.74, 6) is -1.95. The highest BCUT2D eigenvalue weighted by Crippen LogP contribution is 2.18. The molecule has 25 heavy (non-hydrogen) atoms. The van der Waals surface area contributed by atoms with Crippen LogP contribution in [0.5, 0.6) is 0 Å². The van der Waals surface area contributed by atoms with Crippen molar-refractivity contribution in [3.05, 3.63) is 29.8 Å². The van der Waals surface area contributed by atoms with E-state index in [2.05, 4.69) is 10.7 Å². The Morgan fingerprint density at radius 1 is 1.20 bits per heavy atom. The van der Waals surface area contributed by atoms with E-state index in [1.165, 1.54) is 24.3 Å². The van der Waals surface area contributed by atoms with Gasteiger partial charge in [0.1, 0.15) is 6.04 Å². The Kier molecular flexibility index (Phi) is 5.74. The summed E-state index contributed by atoms with van der Waals surface area (Å²) in [6.45, 7) is 3.75. The molecular formula is C17H21N3O5. The van der Waals surface area contributed by atoms with Crippen molar-refractivity contribution in [3.63, 3.8) is 0 Å². The molecule has 0 unspecified atom stereocenters. The van der Waals surface area contributed by atoms with Gasteiger partial charge in [-0.2, -0.15) is 0 Å². The van der Waals surface area contributed by atoms with Crippen LogP contribution in [0.2, 0.25) is 0 Å². The summed E-state index contributed by atoms with van der Waals surface area (Å²) in [5, 5.41) is 12.8. The van der Waals surface area contributed by atoms with Crippen LogP contribution in [0.15, 0.2) is 24.3 Å². The summed E-state index contributed by atoms with van der Waals surface area (Å²) in [4.78, 5) is 46.7. The third-order valence-electron chi connectivity index (χ3n) is 3.75. The molecule has 0 bridgehead atoms. The lowest BCUT2D eigenvalue weighted by molar-refractivity contribution is -0.139. The predicted molar refractivity (Wildman–Crippen MR) is 89.6 cm³/mol. The monoisotopic (exact) mass is 347 g/mol. The third-order valence-corrected chi connectivity index (χ3v) is 3.75. The standard InChI is InChI=1S/C17H21N3O5/c1-10(2)9-13(17(24)25)18-16(23)11-3-5-12(6-4-11)20-15(22)8-7-14(21)19-20/h3-6,10,13H,7-9H2,1-2H3,(H,18,23)(H,19,21)(H,24,25)/t13-/m1/s1. The number of anilines is 1. The first-order valence-corrected chi connectivity index (χ1v) is 8.04. The molecule has 134 valence electrons. The molecule has 1 atom stereocenters. The number of carbonyl (C=O) groups excluding carboxylic acids is 3. The average Bonchev–Trinajstić information content (AvgIpc) is 2.56. The lowest BCUT2D eigenvalue weighted by Crippen LogP contribution is -2.50. The van der Waals surface area contributed by atoms with Crippen molar-refractivity contribution >= 4 is 29.4 Å². The highest BCUT2D eigenvalue weighted by atomic mass is 16.4. The minimum absolute atomic E-state index is 0.123. The number of hydrogen-bond acceptors (Lipinski definition) is 4. The Hall–Kier alpha value is -2.90. The molecule has 1 aliphatic rings. The van der Waals surface area contributed by atoms with Crippen LogP contribution in [0.3, 0.4) is 0 Å². The maximum Gasteiger partial charge on any atom is 0.326 e. The zero-order valence-electron chi connectivity index (χ0n) is 14.1. The fraction of sp³-hybridized carbons (Fsp3) is 0.412. The Morgan fingerprint density at radius 3 is 2.40 bits per heavy atom. The van der Waals surface area contributed by atoms with Crippen molar-refractivity contribution in [1.29, 1.82) is 0 Å². The van der Waals surface area contributed by atoms with Gasteiger partial charge in [0, 0.05) is 18.4 Å². The number of hydrogen-bond donors (Lipinski definition) is 3. The summed E-state index contributed by atoms with van der Waals surface area (Å²) in [5.41, 5.74) is 3.18. The molecule has 1 heterocycles. The first-order valence-electron chi connectivity index (χ1n) is 8.04. The van der Waals surface area contributed by atoms with Gasteiger partial charge >= 0.3 is 5.97 Å². The molecule has 3 amide bonds. The van der Waals surface area contributed by atoms with Gasteiger partial charge in [-0.05, 0) is 36.6 Å². The Balaban J connectivity index is 2.08. The SMILES string of the molecule is CC(C)C[C@@H](NC(=O)c1ccc(N2NC(=O)CCC2=O)cc1)C(=O)O. The topological polar surface area (TPSA) is 116 Å². The van der Waals surface area contributed by atoms with Crippen LogP contribution in [0, 0.1) is 5.92 Å². The first kappa shape index (κ1) is 18.4. The molecular weight excluding hydrogens is 326 g/mol. The molecule has 8 nitrogen and oxygen atoms in total. The van der Waals surface area contributed by atoms with Crippen molar-refractivity contribution in [2.24, 2.45) is 5.92 Å². The Bertz CT molecular complexity index is 684. The molecule has 1 aliphatic heterocycles. The number of nitrogens with one attached hydrogen (secondary N) is 2. The summed E-state index contributed by atoms with van der Waals surface area (Å²) in [6, 6.07) is 5.04. The van der Waals surface area contributed by atoms with E-state index >= 15 is 0 Å². The zero-order valence-corrected chi connectivity index (χ0v) is 14.1. The van der Waals surface area contributed by atoms with E-state index in [1.807, 2.05) is 13.8 Å². The second-order valence-corrected chi connectivity index (χ2v) is 6.30. The lowest BCUT2D eigenvalue weighted by Gasteiger charge is -2.27. The van der Waals surface area contributed by atoms with Crippen molar-refractivity contribution in [2.75, 3.05) is 5.01 Å². The van der Waals surface area contributed by atoms with Crippen molar-refractivity contribution in [3.8, 4) is 0 Å². The minimum atomic E-state index is -1.08. The van der Waals surface area contributed by atoms with Gasteiger partial charge in [-0.25, -0.2) is 9.80 Å². The van der Waals surface area contributed by atoms with Crippen LogP contribution in [-0.4, -0.2) is 34.8 Å². The van der Waals surface area contributed by atoms with E-state index in [1.54, 1.807) is 0 Å². The van der Waals surface area contributed by atoms with Crippen molar-refractivity contribution in [1.82, 2.24) is 10.7 Å². The van der Waals surface area contributed by atoms with Gasteiger partial charge in [0.2, 0.25) is 11.8 Å². The second-order valence-electron chi connectivity index (χ2n) is 6.30. The predicted octanol–water partition coefficient (Wildman–Crippen LogP) is 1.07. The Morgan fingerprint density at radius 2 is 1.84 bits per heavy atom. The van der Waals surface area contributed by atoms with Crippen molar-refractivity contribution in [2.45, 2.75) is 39.2 Å². The van der Waals surface area contributed by atoms with E-state index in [0.717, 1.165) is 5.01 Å². The number of carboxylic acid groups (broad SMARTS) is 1. The van der Waals surface area contributed by atoms with Gasteiger partial charge in [0.05, 0.1) is 5.69 Å². The smallest absolute Gasteiger partial charge is 0.326 e. The first-order chi connectivity index (χ1) is 11.8. The fourth-order valence-corrected chi connectivity index (χ4v) is 2.48. The van der Waals surface area contributed by atoms with E-state index in [-0.39, 0.29) is 36.1 Å². The number of amides is 3. The van der Waals surface area contributed by atoms with Gasteiger partial charge < -0.3 is 10.4 Å². The summed E-state index contributed by atoms with van der Waals surface area (Å²) in [6.07, 6.45) is 0.610.